The van der Waals surface area contributed by atoms with Gasteiger partial charge >= 0.3 is 0 Å². The van der Waals surface area contributed by atoms with E-state index in [9.17, 15) is 18.0 Å². The van der Waals surface area contributed by atoms with E-state index in [-0.39, 0.29) is 11.6 Å². The molecule has 6 heteroatoms. The van der Waals surface area contributed by atoms with Crippen LogP contribution in [0.2, 0.25) is 0 Å². The molecular formula is C12H15F3N2O. The lowest BCUT2D eigenvalue weighted by Crippen LogP contribution is -2.34. The number of carbonyl (C=O) groups excluding carboxylic acids is 1. The Kier molecular flexibility index (Phi) is 5.15. The molecule has 0 aromatic heterocycles. The van der Waals surface area contributed by atoms with E-state index in [1.54, 1.807) is 0 Å². The van der Waals surface area contributed by atoms with E-state index < -0.39 is 23.4 Å². The normalized spacial score (nSPS) is 10.8. The summed E-state index contributed by atoms with van der Waals surface area (Å²) >= 11 is 0. The molecule has 1 aromatic carbocycles. The van der Waals surface area contributed by atoms with Crippen molar-refractivity contribution < 1.29 is 18.0 Å². The highest BCUT2D eigenvalue weighted by atomic mass is 19.2. The average Bonchev–Trinajstić information content (AvgIpc) is 2.30. The summed E-state index contributed by atoms with van der Waals surface area (Å²) in [7, 11) is 0. The first kappa shape index (κ1) is 14.5. The van der Waals surface area contributed by atoms with Gasteiger partial charge in [0, 0.05) is 24.7 Å². The zero-order valence-corrected chi connectivity index (χ0v) is 10.2. The first-order valence-electron chi connectivity index (χ1n) is 5.58. The van der Waals surface area contributed by atoms with Crippen LogP contribution in [0.1, 0.15) is 24.2 Å². The molecule has 0 aliphatic rings. The minimum Gasteiger partial charge on any atom is -0.351 e. The number of amides is 1. The lowest BCUT2D eigenvalue weighted by molar-refractivity contribution is 0.0952. The van der Waals surface area contributed by atoms with Crippen LogP contribution in [-0.4, -0.2) is 25.0 Å². The van der Waals surface area contributed by atoms with E-state index in [4.69, 9.17) is 0 Å². The Hall–Kier alpha value is -1.56. The van der Waals surface area contributed by atoms with E-state index in [0.29, 0.717) is 25.2 Å². The molecule has 100 valence electrons. The van der Waals surface area contributed by atoms with E-state index in [0.717, 1.165) is 0 Å². The molecule has 0 spiro atoms. The summed E-state index contributed by atoms with van der Waals surface area (Å²) in [4.78, 5) is 11.5. The molecule has 0 saturated carbocycles. The van der Waals surface area contributed by atoms with Crippen LogP contribution in [0.4, 0.5) is 13.2 Å². The highest BCUT2D eigenvalue weighted by Gasteiger charge is 2.14. The Bertz CT molecular complexity index is 412. The van der Waals surface area contributed by atoms with Crippen molar-refractivity contribution in [3.8, 4) is 0 Å². The van der Waals surface area contributed by atoms with Gasteiger partial charge in [-0.15, -0.1) is 0 Å². The van der Waals surface area contributed by atoms with Crippen molar-refractivity contribution in [3.63, 3.8) is 0 Å². The summed E-state index contributed by atoms with van der Waals surface area (Å²) in [6, 6.07) is 1.62. The SMILES string of the molecule is CC(C)NCCNC(=O)c1cc(F)c(F)c(F)c1. The Morgan fingerprint density at radius 1 is 1.17 bits per heavy atom. The molecule has 1 rings (SSSR count). The van der Waals surface area contributed by atoms with Crippen molar-refractivity contribution in [3.05, 3.63) is 35.1 Å². The van der Waals surface area contributed by atoms with Crippen molar-refractivity contribution in [1.29, 1.82) is 0 Å². The predicted molar refractivity (Wildman–Crippen MR) is 61.8 cm³/mol. The van der Waals surface area contributed by atoms with Crippen LogP contribution < -0.4 is 10.6 Å². The number of halogens is 3. The van der Waals surface area contributed by atoms with Gasteiger partial charge in [0.1, 0.15) is 0 Å². The van der Waals surface area contributed by atoms with E-state index in [1.807, 2.05) is 13.8 Å². The van der Waals surface area contributed by atoms with Crippen molar-refractivity contribution in [1.82, 2.24) is 10.6 Å². The van der Waals surface area contributed by atoms with E-state index in [1.165, 1.54) is 0 Å². The summed E-state index contributed by atoms with van der Waals surface area (Å²) in [6.45, 7) is 4.76. The van der Waals surface area contributed by atoms with E-state index >= 15 is 0 Å². The first-order chi connectivity index (χ1) is 8.41. The third kappa shape index (κ3) is 4.03. The molecule has 18 heavy (non-hydrogen) atoms. The molecular weight excluding hydrogens is 245 g/mol. The summed E-state index contributed by atoms with van der Waals surface area (Å²) in [5, 5.41) is 5.53. The molecule has 0 atom stereocenters. The highest BCUT2D eigenvalue weighted by molar-refractivity contribution is 5.94. The molecule has 0 aliphatic heterocycles. The van der Waals surface area contributed by atoms with Gasteiger partial charge in [-0.2, -0.15) is 0 Å². The Morgan fingerprint density at radius 3 is 2.22 bits per heavy atom. The molecule has 0 radical (unpaired) electrons. The fourth-order valence-electron chi connectivity index (χ4n) is 1.33. The number of benzene rings is 1. The molecule has 0 unspecified atom stereocenters. The van der Waals surface area contributed by atoms with Gasteiger partial charge in [-0.3, -0.25) is 4.79 Å². The van der Waals surface area contributed by atoms with Gasteiger partial charge in [0.25, 0.3) is 5.91 Å². The maximum Gasteiger partial charge on any atom is 0.251 e. The first-order valence-corrected chi connectivity index (χ1v) is 5.58. The monoisotopic (exact) mass is 260 g/mol. The van der Waals surface area contributed by atoms with Crippen LogP contribution in [0.5, 0.6) is 0 Å². The average molecular weight is 260 g/mol. The van der Waals surface area contributed by atoms with Gasteiger partial charge < -0.3 is 10.6 Å². The zero-order valence-electron chi connectivity index (χ0n) is 10.2. The number of hydrogen-bond acceptors (Lipinski definition) is 2. The second kappa shape index (κ2) is 6.39. The number of nitrogens with one attached hydrogen (secondary N) is 2. The third-order valence-electron chi connectivity index (χ3n) is 2.21. The fraction of sp³-hybridized carbons (Fsp3) is 0.417. The molecule has 0 bridgehead atoms. The highest BCUT2D eigenvalue weighted by Crippen LogP contribution is 2.13. The summed E-state index contributed by atoms with van der Waals surface area (Å²) in [5.74, 6) is -4.97. The van der Waals surface area contributed by atoms with Gasteiger partial charge in [0.05, 0.1) is 0 Å². The van der Waals surface area contributed by atoms with Gasteiger partial charge in [-0.1, -0.05) is 13.8 Å². The third-order valence-corrected chi connectivity index (χ3v) is 2.21. The number of rotatable bonds is 5. The van der Waals surface area contributed by atoms with Crippen LogP contribution in [0, 0.1) is 17.5 Å². The Labute approximate surface area is 103 Å². The van der Waals surface area contributed by atoms with Crippen LogP contribution in [0.3, 0.4) is 0 Å². The summed E-state index contributed by atoms with van der Waals surface area (Å²) in [6.07, 6.45) is 0. The molecule has 0 aliphatic carbocycles. The molecule has 0 saturated heterocycles. The second-order valence-corrected chi connectivity index (χ2v) is 4.12. The lowest BCUT2D eigenvalue weighted by Gasteiger charge is -2.09. The molecule has 1 aromatic rings. The summed E-state index contributed by atoms with van der Waals surface area (Å²) < 4.78 is 38.5. The lowest BCUT2D eigenvalue weighted by atomic mass is 10.2. The number of hydrogen-bond donors (Lipinski definition) is 2. The summed E-state index contributed by atoms with van der Waals surface area (Å²) in [5.41, 5.74) is -0.240. The smallest absolute Gasteiger partial charge is 0.251 e. The maximum absolute atomic E-state index is 12.9. The van der Waals surface area contributed by atoms with Crippen LogP contribution in [0.15, 0.2) is 12.1 Å². The minimum absolute atomic E-state index is 0.240. The van der Waals surface area contributed by atoms with Crippen LogP contribution in [-0.2, 0) is 0 Å². The number of carbonyl (C=O) groups is 1. The van der Waals surface area contributed by atoms with Crippen molar-refractivity contribution >= 4 is 5.91 Å². The van der Waals surface area contributed by atoms with Gasteiger partial charge in [-0.25, -0.2) is 13.2 Å². The van der Waals surface area contributed by atoms with Crippen molar-refractivity contribution in [2.24, 2.45) is 0 Å². The zero-order chi connectivity index (χ0) is 13.7. The van der Waals surface area contributed by atoms with Crippen LogP contribution in [0.25, 0.3) is 0 Å². The van der Waals surface area contributed by atoms with Gasteiger partial charge in [0.15, 0.2) is 17.5 Å². The Morgan fingerprint density at radius 2 is 1.72 bits per heavy atom. The minimum atomic E-state index is -1.58. The molecule has 0 heterocycles. The largest absolute Gasteiger partial charge is 0.351 e. The molecule has 2 N–H and O–H groups in total. The standard InChI is InChI=1S/C12H15F3N2O/c1-7(2)16-3-4-17-12(18)8-5-9(13)11(15)10(14)6-8/h5-7,16H,3-4H2,1-2H3,(H,17,18). The fourth-order valence-corrected chi connectivity index (χ4v) is 1.33. The molecule has 3 nitrogen and oxygen atoms in total. The predicted octanol–water partition coefficient (Wildman–Crippen LogP) is 1.83. The maximum atomic E-state index is 12.9. The Balaban J connectivity index is 2.57. The van der Waals surface area contributed by atoms with Gasteiger partial charge in [-0.05, 0) is 12.1 Å². The van der Waals surface area contributed by atoms with Gasteiger partial charge in [0.2, 0.25) is 0 Å². The molecule has 1 amide bonds. The topological polar surface area (TPSA) is 41.1 Å². The van der Waals surface area contributed by atoms with E-state index in [2.05, 4.69) is 10.6 Å². The van der Waals surface area contributed by atoms with Crippen molar-refractivity contribution in [2.75, 3.05) is 13.1 Å². The van der Waals surface area contributed by atoms with Crippen molar-refractivity contribution in [2.45, 2.75) is 19.9 Å². The quantitative estimate of drug-likeness (QED) is 0.626. The second-order valence-electron chi connectivity index (χ2n) is 4.12. The van der Waals surface area contributed by atoms with Crippen LogP contribution >= 0.6 is 0 Å². The molecule has 0 fully saturated rings.